The number of hydrogen-bond acceptors (Lipinski definition) is 3. The predicted molar refractivity (Wildman–Crippen MR) is 76.3 cm³/mol. The molecule has 1 aromatic heterocycles. The molecule has 94 valence electrons. The van der Waals surface area contributed by atoms with Gasteiger partial charge in [-0.15, -0.1) is 11.3 Å². The first-order chi connectivity index (χ1) is 8.74. The maximum atomic E-state index is 9.76. The summed E-state index contributed by atoms with van der Waals surface area (Å²) in [5.74, 6) is 1.10. The lowest BCUT2D eigenvalue weighted by Crippen LogP contribution is -2.11. The Balaban J connectivity index is 1.82. The Morgan fingerprint density at radius 1 is 1.33 bits per heavy atom. The van der Waals surface area contributed by atoms with Crippen molar-refractivity contribution in [2.24, 2.45) is 5.92 Å². The average Bonchev–Trinajstić information content (AvgIpc) is 3.05. The molecule has 1 aliphatic carbocycles. The van der Waals surface area contributed by atoms with Gasteiger partial charge >= 0.3 is 0 Å². The molecule has 1 aromatic carbocycles. The van der Waals surface area contributed by atoms with E-state index in [1.54, 1.807) is 11.3 Å². The lowest BCUT2D eigenvalue weighted by Gasteiger charge is -2.18. The van der Waals surface area contributed by atoms with E-state index in [0.29, 0.717) is 11.8 Å². The number of aryl methyl sites for hydroxylation is 1. The highest BCUT2D eigenvalue weighted by molar-refractivity contribution is 7.10. The van der Waals surface area contributed by atoms with E-state index in [9.17, 15) is 5.11 Å². The highest BCUT2D eigenvalue weighted by atomic mass is 32.1. The van der Waals surface area contributed by atoms with Crippen molar-refractivity contribution in [1.82, 2.24) is 0 Å². The van der Waals surface area contributed by atoms with Crippen LogP contribution < -0.4 is 5.32 Å². The van der Waals surface area contributed by atoms with Gasteiger partial charge in [0.05, 0.1) is 6.04 Å². The Labute approximate surface area is 111 Å². The Morgan fingerprint density at radius 2 is 2.17 bits per heavy atom. The van der Waals surface area contributed by atoms with Crippen LogP contribution in [0.2, 0.25) is 0 Å². The second kappa shape index (κ2) is 4.65. The monoisotopic (exact) mass is 259 g/mol. The topological polar surface area (TPSA) is 32.3 Å². The standard InChI is InChI=1S/C15H17NOS/c1-10-4-7-12(9-13(10)17)16-15(11-5-6-11)14-3-2-8-18-14/h2-4,7-9,11,15-17H,5-6H2,1H3. The van der Waals surface area contributed by atoms with E-state index in [-0.39, 0.29) is 0 Å². The van der Waals surface area contributed by atoms with Crippen LogP contribution in [-0.2, 0) is 0 Å². The van der Waals surface area contributed by atoms with Crippen LogP contribution in [0.25, 0.3) is 0 Å². The van der Waals surface area contributed by atoms with Gasteiger partial charge in [0.1, 0.15) is 5.75 Å². The number of thiophene rings is 1. The molecule has 3 rings (SSSR count). The van der Waals surface area contributed by atoms with Crippen LogP contribution in [0.1, 0.15) is 29.3 Å². The van der Waals surface area contributed by atoms with Crippen molar-refractivity contribution < 1.29 is 5.11 Å². The van der Waals surface area contributed by atoms with E-state index in [1.165, 1.54) is 17.7 Å². The van der Waals surface area contributed by atoms with Crippen LogP contribution in [0.15, 0.2) is 35.7 Å². The Kier molecular flexibility index (Phi) is 3.00. The van der Waals surface area contributed by atoms with E-state index < -0.39 is 0 Å². The summed E-state index contributed by atoms with van der Waals surface area (Å²) in [6.45, 7) is 1.91. The van der Waals surface area contributed by atoms with Crippen LogP contribution >= 0.6 is 11.3 Å². The quantitative estimate of drug-likeness (QED) is 0.856. The summed E-state index contributed by atoms with van der Waals surface area (Å²) in [7, 11) is 0. The zero-order chi connectivity index (χ0) is 12.5. The molecule has 0 spiro atoms. The summed E-state index contributed by atoms with van der Waals surface area (Å²) < 4.78 is 0. The number of hydrogen-bond donors (Lipinski definition) is 2. The van der Waals surface area contributed by atoms with Crippen LogP contribution in [-0.4, -0.2) is 5.11 Å². The third-order valence-electron chi connectivity index (χ3n) is 3.47. The Hall–Kier alpha value is -1.48. The van der Waals surface area contributed by atoms with E-state index in [0.717, 1.165) is 17.2 Å². The van der Waals surface area contributed by atoms with Gasteiger partial charge in [-0.1, -0.05) is 12.1 Å². The van der Waals surface area contributed by atoms with Crippen molar-refractivity contribution >= 4 is 17.0 Å². The molecule has 1 unspecified atom stereocenters. The first-order valence-corrected chi connectivity index (χ1v) is 7.21. The number of phenols is 1. The first-order valence-electron chi connectivity index (χ1n) is 6.33. The molecule has 0 saturated heterocycles. The van der Waals surface area contributed by atoms with Gasteiger partial charge in [0.25, 0.3) is 0 Å². The molecule has 1 aliphatic rings. The van der Waals surface area contributed by atoms with E-state index in [2.05, 4.69) is 22.8 Å². The fraction of sp³-hybridized carbons (Fsp3) is 0.333. The number of nitrogens with one attached hydrogen (secondary N) is 1. The lowest BCUT2D eigenvalue weighted by atomic mass is 10.1. The molecule has 0 amide bonds. The molecule has 3 heteroatoms. The molecule has 2 aromatic rings. The number of anilines is 1. The lowest BCUT2D eigenvalue weighted by molar-refractivity contribution is 0.471. The molecule has 0 radical (unpaired) electrons. The Morgan fingerprint density at radius 3 is 2.78 bits per heavy atom. The second-order valence-corrected chi connectivity index (χ2v) is 5.96. The van der Waals surface area contributed by atoms with Gasteiger partial charge in [-0.05, 0) is 48.8 Å². The predicted octanol–water partition coefficient (Wildman–Crippen LogP) is 4.33. The van der Waals surface area contributed by atoms with E-state index >= 15 is 0 Å². The van der Waals surface area contributed by atoms with Gasteiger partial charge in [0, 0.05) is 16.6 Å². The van der Waals surface area contributed by atoms with Crippen LogP contribution in [0.5, 0.6) is 5.75 Å². The highest BCUT2D eigenvalue weighted by Gasteiger charge is 2.32. The number of aromatic hydroxyl groups is 1. The molecule has 1 fully saturated rings. The summed E-state index contributed by atoms with van der Waals surface area (Å²) in [5.41, 5.74) is 1.92. The van der Waals surface area contributed by atoms with Gasteiger partial charge in [-0.25, -0.2) is 0 Å². The fourth-order valence-corrected chi connectivity index (χ4v) is 3.07. The zero-order valence-corrected chi connectivity index (χ0v) is 11.2. The highest BCUT2D eigenvalue weighted by Crippen LogP contribution is 2.44. The maximum Gasteiger partial charge on any atom is 0.120 e. The van der Waals surface area contributed by atoms with Gasteiger partial charge < -0.3 is 10.4 Å². The van der Waals surface area contributed by atoms with E-state index in [4.69, 9.17) is 0 Å². The van der Waals surface area contributed by atoms with Gasteiger partial charge in [0.2, 0.25) is 0 Å². The SMILES string of the molecule is Cc1ccc(NC(c2cccs2)C2CC2)cc1O. The molecular weight excluding hydrogens is 242 g/mol. The minimum absolute atomic E-state index is 0.362. The largest absolute Gasteiger partial charge is 0.508 e. The van der Waals surface area contributed by atoms with Crippen molar-refractivity contribution in [3.8, 4) is 5.75 Å². The average molecular weight is 259 g/mol. The molecule has 0 bridgehead atoms. The number of phenolic OH excluding ortho intramolecular Hbond substituents is 1. The zero-order valence-electron chi connectivity index (χ0n) is 10.4. The summed E-state index contributed by atoms with van der Waals surface area (Å²) in [4.78, 5) is 1.39. The molecule has 0 aliphatic heterocycles. The summed E-state index contributed by atoms with van der Waals surface area (Å²) in [6, 6.07) is 10.5. The minimum Gasteiger partial charge on any atom is -0.508 e. The normalized spacial score (nSPS) is 16.5. The molecule has 1 saturated carbocycles. The summed E-state index contributed by atoms with van der Waals surface area (Å²) >= 11 is 1.80. The molecular formula is C15H17NOS. The van der Waals surface area contributed by atoms with Crippen LogP contribution in [0.3, 0.4) is 0 Å². The van der Waals surface area contributed by atoms with E-state index in [1.807, 2.05) is 25.1 Å². The van der Waals surface area contributed by atoms with Crippen LogP contribution in [0, 0.1) is 12.8 Å². The minimum atomic E-state index is 0.362. The van der Waals surface area contributed by atoms with Gasteiger partial charge in [-0.2, -0.15) is 0 Å². The van der Waals surface area contributed by atoms with Crippen LogP contribution in [0.4, 0.5) is 5.69 Å². The maximum absolute atomic E-state index is 9.76. The molecule has 1 heterocycles. The number of benzene rings is 1. The van der Waals surface area contributed by atoms with Gasteiger partial charge in [0.15, 0.2) is 0 Å². The summed E-state index contributed by atoms with van der Waals surface area (Å²) in [5, 5.41) is 15.4. The Bertz CT molecular complexity index is 531. The van der Waals surface area contributed by atoms with Crippen molar-refractivity contribution in [2.45, 2.75) is 25.8 Å². The van der Waals surface area contributed by atoms with Crippen molar-refractivity contribution in [3.05, 3.63) is 46.2 Å². The molecule has 2 nitrogen and oxygen atoms in total. The number of rotatable bonds is 4. The second-order valence-electron chi connectivity index (χ2n) is 4.98. The molecule has 2 N–H and O–H groups in total. The van der Waals surface area contributed by atoms with Crippen molar-refractivity contribution in [2.75, 3.05) is 5.32 Å². The first kappa shape index (κ1) is 11.6. The third kappa shape index (κ3) is 2.36. The molecule has 18 heavy (non-hydrogen) atoms. The smallest absolute Gasteiger partial charge is 0.120 e. The van der Waals surface area contributed by atoms with Crippen molar-refractivity contribution in [1.29, 1.82) is 0 Å². The van der Waals surface area contributed by atoms with Crippen molar-refractivity contribution in [3.63, 3.8) is 0 Å². The van der Waals surface area contributed by atoms with Gasteiger partial charge in [-0.3, -0.25) is 0 Å². The summed E-state index contributed by atoms with van der Waals surface area (Å²) in [6.07, 6.45) is 2.60. The third-order valence-corrected chi connectivity index (χ3v) is 4.43. The molecule has 1 atom stereocenters. The fourth-order valence-electron chi connectivity index (χ4n) is 2.20.